The minimum atomic E-state index is -2.34. The molecular weight excluding hydrogens is 212 g/mol. The minimum Gasteiger partial charge on any atom is -0.366 e. The molecule has 1 saturated carbocycles. The van der Waals surface area contributed by atoms with Gasteiger partial charge in [-0.1, -0.05) is 19.3 Å². The predicted molar refractivity (Wildman–Crippen MR) is 58.7 cm³/mol. The summed E-state index contributed by atoms with van der Waals surface area (Å²) in [6, 6.07) is 2.22. The van der Waals surface area contributed by atoms with Crippen LogP contribution in [0, 0.1) is 0 Å². The van der Waals surface area contributed by atoms with Crippen LogP contribution in [-0.2, 0) is 6.54 Å². The number of aromatic nitrogens is 2. The summed E-state index contributed by atoms with van der Waals surface area (Å²) >= 11 is 0. The van der Waals surface area contributed by atoms with Gasteiger partial charge in [0.15, 0.2) is 0 Å². The Hall–Kier alpha value is -1.13. The number of nitrogens with zero attached hydrogens (tertiary/aromatic N) is 2. The van der Waals surface area contributed by atoms with Gasteiger partial charge in [-0.15, -0.1) is 0 Å². The molecule has 0 amide bonds. The molecule has 0 radical (unpaired) electrons. The Bertz CT molecular complexity index is 319. The highest BCUT2D eigenvalue weighted by Crippen LogP contribution is 2.20. The fourth-order valence-electron chi connectivity index (χ4n) is 2.14. The highest BCUT2D eigenvalue weighted by molar-refractivity contribution is 5.33. The number of alkyl halides is 2. The van der Waals surface area contributed by atoms with Gasteiger partial charge in [-0.05, 0) is 12.8 Å². The van der Waals surface area contributed by atoms with E-state index >= 15 is 0 Å². The highest BCUT2D eigenvalue weighted by Gasteiger charge is 2.14. The maximum absolute atomic E-state index is 12.1. The van der Waals surface area contributed by atoms with E-state index in [9.17, 15) is 8.78 Å². The lowest BCUT2D eigenvalue weighted by Crippen LogP contribution is -2.22. The molecule has 1 fully saturated rings. The van der Waals surface area contributed by atoms with Gasteiger partial charge in [0.2, 0.25) is 0 Å². The molecule has 5 heteroatoms. The summed E-state index contributed by atoms with van der Waals surface area (Å²) in [4.78, 5) is 0. The zero-order valence-corrected chi connectivity index (χ0v) is 9.20. The first-order chi connectivity index (χ1) is 7.74. The van der Waals surface area contributed by atoms with E-state index in [1.165, 1.54) is 23.9 Å². The molecule has 1 heterocycles. The van der Waals surface area contributed by atoms with Crippen LogP contribution in [0.5, 0.6) is 0 Å². The van der Waals surface area contributed by atoms with Crippen molar-refractivity contribution in [3.63, 3.8) is 0 Å². The van der Waals surface area contributed by atoms with E-state index in [1.54, 1.807) is 12.3 Å². The smallest absolute Gasteiger partial charge is 0.257 e. The third-order valence-corrected chi connectivity index (χ3v) is 2.92. The van der Waals surface area contributed by atoms with Crippen LogP contribution in [0.1, 0.15) is 32.1 Å². The number of halogens is 2. The van der Waals surface area contributed by atoms with Crippen LogP contribution in [0.2, 0.25) is 0 Å². The fraction of sp³-hybridized carbons (Fsp3) is 0.727. The number of anilines is 1. The second kappa shape index (κ2) is 5.27. The van der Waals surface area contributed by atoms with Crippen molar-refractivity contribution >= 4 is 5.82 Å². The molecule has 1 aromatic heterocycles. The first kappa shape index (κ1) is 11.4. The van der Waals surface area contributed by atoms with Gasteiger partial charge in [-0.3, -0.25) is 4.68 Å². The topological polar surface area (TPSA) is 29.9 Å². The molecule has 1 N–H and O–H groups in total. The molecule has 1 aromatic rings. The van der Waals surface area contributed by atoms with Crippen LogP contribution in [0.3, 0.4) is 0 Å². The molecule has 1 aliphatic rings. The molecule has 0 spiro atoms. The summed E-state index contributed by atoms with van der Waals surface area (Å²) < 4.78 is 25.5. The second-order valence-electron chi connectivity index (χ2n) is 4.29. The average Bonchev–Trinajstić information content (AvgIpc) is 2.66. The number of nitrogens with one attached hydrogen (secondary N) is 1. The van der Waals surface area contributed by atoms with Crippen molar-refractivity contribution in [2.75, 3.05) is 5.32 Å². The van der Waals surface area contributed by atoms with Crippen molar-refractivity contribution in [2.24, 2.45) is 0 Å². The number of hydrogen-bond acceptors (Lipinski definition) is 2. The molecule has 1 aliphatic carbocycles. The Kier molecular flexibility index (Phi) is 3.74. The van der Waals surface area contributed by atoms with Gasteiger partial charge in [0.25, 0.3) is 6.43 Å². The monoisotopic (exact) mass is 229 g/mol. The van der Waals surface area contributed by atoms with E-state index < -0.39 is 6.43 Å². The van der Waals surface area contributed by atoms with Crippen LogP contribution >= 0.6 is 0 Å². The highest BCUT2D eigenvalue weighted by atomic mass is 19.3. The molecule has 0 aliphatic heterocycles. The van der Waals surface area contributed by atoms with Gasteiger partial charge < -0.3 is 5.32 Å². The van der Waals surface area contributed by atoms with E-state index in [0.717, 1.165) is 12.8 Å². The third-order valence-electron chi connectivity index (χ3n) is 2.92. The van der Waals surface area contributed by atoms with Crippen molar-refractivity contribution in [3.05, 3.63) is 12.3 Å². The van der Waals surface area contributed by atoms with Crippen LogP contribution in [0.25, 0.3) is 0 Å². The Morgan fingerprint density at radius 3 is 2.81 bits per heavy atom. The van der Waals surface area contributed by atoms with E-state index in [1.807, 2.05) is 0 Å². The summed E-state index contributed by atoms with van der Waals surface area (Å²) in [6.45, 7) is -0.327. The van der Waals surface area contributed by atoms with Crippen LogP contribution in [-0.4, -0.2) is 22.2 Å². The summed E-state index contributed by atoms with van der Waals surface area (Å²) in [5.74, 6) is 0.715. The zero-order valence-electron chi connectivity index (χ0n) is 9.20. The Morgan fingerprint density at radius 2 is 2.12 bits per heavy atom. The molecule has 0 aromatic carbocycles. The van der Waals surface area contributed by atoms with Crippen molar-refractivity contribution in [3.8, 4) is 0 Å². The molecular formula is C11H17F2N3. The quantitative estimate of drug-likeness (QED) is 0.860. The fourth-order valence-corrected chi connectivity index (χ4v) is 2.14. The Morgan fingerprint density at radius 1 is 1.38 bits per heavy atom. The predicted octanol–water partition coefficient (Wildman–Crippen LogP) is 2.89. The van der Waals surface area contributed by atoms with Crippen molar-refractivity contribution < 1.29 is 8.78 Å². The summed E-state index contributed by atoms with van der Waals surface area (Å²) in [5.41, 5.74) is 0. The molecule has 16 heavy (non-hydrogen) atoms. The van der Waals surface area contributed by atoms with Gasteiger partial charge in [-0.2, -0.15) is 5.10 Å². The van der Waals surface area contributed by atoms with Gasteiger partial charge in [0.05, 0.1) is 0 Å². The van der Waals surface area contributed by atoms with Gasteiger partial charge >= 0.3 is 0 Å². The largest absolute Gasteiger partial charge is 0.366 e. The lowest BCUT2D eigenvalue weighted by atomic mass is 9.96. The summed E-state index contributed by atoms with van der Waals surface area (Å²) in [5, 5.41) is 7.37. The molecule has 90 valence electrons. The maximum atomic E-state index is 12.1. The first-order valence-electron chi connectivity index (χ1n) is 5.82. The maximum Gasteiger partial charge on any atom is 0.257 e. The summed E-state index contributed by atoms with van der Waals surface area (Å²) in [6.07, 6.45) is 5.35. The molecule has 2 rings (SSSR count). The van der Waals surface area contributed by atoms with Crippen molar-refractivity contribution in [1.82, 2.24) is 9.78 Å². The second-order valence-corrected chi connectivity index (χ2v) is 4.29. The van der Waals surface area contributed by atoms with Crippen LogP contribution < -0.4 is 5.32 Å². The van der Waals surface area contributed by atoms with E-state index in [0.29, 0.717) is 11.9 Å². The minimum absolute atomic E-state index is 0.327. The standard InChI is InChI=1S/C11H17F2N3/c12-10(13)8-16-7-6-11(15-16)14-9-4-2-1-3-5-9/h6-7,9-10H,1-5,8H2,(H,14,15). The zero-order chi connectivity index (χ0) is 11.4. The van der Waals surface area contributed by atoms with Gasteiger partial charge in [0, 0.05) is 18.3 Å². The lowest BCUT2D eigenvalue weighted by Gasteiger charge is -2.22. The SMILES string of the molecule is FC(F)Cn1ccc(NC2CCCCC2)n1. The molecule has 3 nitrogen and oxygen atoms in total. The van der Waals surface area contributed by atoms with E-state index in [4.69, 9.17) is 0 Å². The van der Waals surface area contributed by atoms with Gasteiger partial charge in [0.1, 0.15) is 12.4 Å². The molecule has 0 atom stereocenters. The average molecular weight is 229 g/mol. The van der Waals surface area contributed by atoms with E-state index in [-0.39, 0.29) is 6.54 Å². The van der Waals surface area contributed by atoms with Crippen molar-refractivity contribution in [2.45, 2.75) is 51.1 Å². The van der Waals surface area contributed by atoms with Gasteiger partial charge in [-0.25, -0.2) is 8.78 Å². The third kappa shape index (κ3) is 3.18. The Labute approximate surface area is 93.8 Å². The first-order valence-corrected chi connectivity index (χ1v) is 5.82. The lowest BCUT2D eigenvalue weighted by molar-refractivity contribution is 0.122. The molecule has 0 saturated heterocycles. The van der Waals surface area contributed by atoms with Crippen molar-refractivity contribution in [1.29, 1.82) is 0 Å². The van der Waals surface area contributed by atoms with E-state index in [2.05, 4.69) is 10.4 Å². The van der Waals surface area contributed by atoms with Crippen LogP contribution in [0.4, 0.5) is 14.6 Å². The molecule has 0 bridgehead atoms. The Balaban J connectivity index is 1.86. The molecule has 0 unspecified atom stereocenters. The number of rotatable bonds is 4. The number of hydrogen-bond donors (Lipinski definition) is 1. The normalized spacial score (nSPS) is 17.9. The summed E-state index contributed by atoms with van der Waals surface area (Å²) in [7, 11) is 0. The van der Waals surface area contributed by atoms with Crippen LogP contribution in [0.15, 0.2) is 12.3 Å².